The van der Waals surface area contributed by atoms with E-state index in [0.29, 0.717) is 18.7 Å². The van der Waals surface area contributed by atoms with Crippen molar-refractivity contribution < 1.29 is 9.53 Å². The van der Waals surface area contributed by atoms with Crippen molar-refractivity contribution in [1.82, 2.24) is 15.3 Å². The van der Waals surface area contributed by atoms with Crippen molar-refractivity contribution in [3.63, 3.8) is 0 Å². The lowest BCUT2D eigenvalue weighted by molar-refractivity contribution is -0.118. The van der Waals surface area contributed by atoms with Gasteiger partial charge in [0.15, 0.2) is 0 Å². The molecule has 0 unspecified atom stereocenters. The van der Waals surface area contributed by atoms with Crippen LogP contribution in [0, 0.1) is 0 Å². The standard InChI is InChI=1S/C14H17N3O2S/c1-19-11-2-4-12(5-3-11)20-10-14(18)17-7-6-13-15-8-9-16-13/h2-5,8-9H,6-7,10H2,1H3,(H,15,16)(H,17,18). The van der Waals surface area contributed by atoms with Crippen molar-refractivity contribution in [2.24, 2.45) is 0 Å². The van der Waals surface area contributed by atoms with Crippen LogP contribution in [-0.2, 0) is 11.2 Å². The Balaban J connectivity index is 1.66. The summed E-state index contributed by atoms with van der Waals surface area (Å²) in [5, 5.41) is 2.87. The Morgan fingerprint density at radius 2 is 2.20 bits per heavy atom. The number of hydrogen-bond donors (Lipinski definition) is 2. The number of thioether (sulfide) groups is 1. The molecule has 0 radical (unpaired) electrons. The summed E-state index contributed by atoms with van der Waals surface area (Å²) in [5.74, 6) is 2.13. The Hall–Kier alpha value is -1.95. The number of H-pyrrole nitrogens is 1. The van der Waals surface area contributed by atoms with E-state index in [1.54, 1.807) is 19.5 Å². The molecule has 0 spiro atoms. The number of aromatic nitrogens is 2. The zero-order valence-corrected chi connectivity index (χ0v) is 12.1. The predicted molar refractivity (Wildman–Crippen MR) is 79.0 cm³/mol. The van der Waals surface area contributed by atoms with Crippen molar-refractivity contribution in [3.05, 3.63) is 42.5 Å². The molecular formula is C14H17N3O2S. The first kappa shape index (κ1) is 14.5. The fourth-order valence-electron chi connectivity index (χ4n) is 1.63. The summed E-state index contributed by atoms with van der Waals surface area (Å²) in [4.78, 5) is 19.8. The molecule has 2 rings (SSSR count). The maximum Gasteiger partial charge on any atom is 0.230 e. The van der Waals surface area contributed by atoms with Gasteiger partial charge in [-0.25, -0.2) is 4.98 Å². The normalized spacial score (nSPS) is 10.2. The maximum absolute atomic E-state index is 11.7. The third-order valence-electron chi connectivity index (χ3n) is 2.67. The molecule has 20 heavy (non-hydrogen) atoms. The van der Waals surface area contributed by atoms with Crippen LogP contribution < -0.4 is 10.1 Å². The molecule has 1 heterocycles. The summed E-state index contributed by atoms with van der Waals surface area (Å²) in [7, 11) is 1.63. The molecule has 0 saturated carbocycles. The van der Waals surface area contributed by atoms with Gasteiger partial charge in [0.05, 0.1) is 12.9 Å². The van der Waals surface area contributed by atoms with Crippen molar-refractivity contribution >= 4 is 17.7 Å². The summed E-state index contributed by atoms with van der Waals surface area (Å²) in [6.45, 7) is 0.593. The number of carbonyl (C=O) groups excluding carboxylic acids is 1. The highest BCUT2D eigenvalue weighted by Crippen LogP contribution is 2.20. The molecule has 0 atom stereocenters. The Kier molecular flexibility index (Phi) is 5.49. The van der Waals surface area contributed by atoms with Crippen molar-refractivity contribution in [3.8, 4) is 5.75 Å². The van der Waals surface area contributed by atoms with E-state index in [2.05, 4.69) is 15.3 Å². The van der Waals surface area contributed by atoms with Crippen LogP contribution >= 0.6 is 11.8 Å². The first-order valence-electron chi connectivity index (χ1n) is 6.30. The van der Waals surface area contributed by atoms with Gasteiger partial charge in [0.1, 0.15) is 11.6 Å². The Bertz CT molecular complexity index is 526. The van der Waals surface area contributed by atoms with Gasteiger partial charge in [-0.3, -0.25) is 4.79 Å². The molecule has 2 aromatic rings. The molecule has 0 bridgehead atoms. The molecule has 6 heteroatoms. The fourth-order valence-corrected chi connectivity index (χ4v) is 2.36. The first-order chi connectivity index (χ1) is 9.78. The second-order valence-corrected chi connectivity index (χ2v) is 5.15. The molecule has 1 aromatic heterocycles. The number of ether oxygens (including phenoxy) is 1. The largest absolute Gasteiger partial charge is 0.497 e. The molecule has 0 fully saturated rings. The van der Waals surface area contributed by atoms with Gasteiger partial charge in [-0.2, -0.15) is 0 Å². The summed E-state index contributed by atoms with van der Waals surface area (Å²) >= 11 is 1.50. The van der Waals surface area contributed by atoms with E-state index >= 15 is 0 Å². The minimum atomic E-state index is 0.0253. The van der Waals surface area contributed by atoms with Crippen LogP contribution in [0.25, 0.3) is 0 Å². The number of carbonyl (C=O) groups is 1. The monoisotopic (exact) mass is 291 g/mol. The van der Waals surface area contributed by atoms with E-state index in [-0.39, 0.29) is 5.91 Å². The van der Waals surface area contributed by atoms with Crippen LogP contribution in [0.3, 0.4) is 0 Å². The number of rotatable bonds is 7. The van der Waals surface area contributed by atoms with Crippen molar-refractivity contribution in [2.75, 3.05) is 19.4 Å². The molecule has 0 aliphatic carbocycles. The van der Waals surface area contributed by atoms with E-state index in [0.717, 1.165) is 16.5 Å². The van der Waals surface area contributed by atoms with E-state index in [1.165, 1.54) is 11.8 Å². The lowest BCUT2D eigenvalue weighted by Gasteiger charge is -2.05. The number of aromatic amines is 1. The van der Waals surface area contributed by atoms with Gasteiger partial charge in [0.25, 0.3) is 0 Å². The third-order valence-corrected chi connectivity index (χ3v) is 3.68. The number of hydrogen-bond acceptors (Lipinski definition) is 4. The predicted octanol–water partition coefficient (Wildman–Crippen LogP) is 1.87. The van der Waals surface area contributed by atoms with Gasteiger partial charge >= 0.3 is 0 Å². The van der Waals surface area contributed by atoms with E-state index in [9.17, 15) is 4.79 Å². The number of amides is 1. The van der Waals surface area contributed by atoms with Crippen molar-refractivity contribution in [2.45, 2.75) is 11.3 Å². The number of imidazole rings is 1. The van der Waals surface area contributed by atoms with Crippen molar-refractivity contribution in [1.29, 1.82) is 0 Å². The third kappa shape index (κ3) is 4.62. The zero-order chi connectivity index (χ0) is 14.2. The maximum atomic E-state index is 11.7. The van der Waals surface area contributed by atoms with Crippen LogP contribution in [0.2, 0.25) is 0 Å². The number of nitrogens with one attached hydrogen (secondary N) is 2. The summed E-state index contributed by atoms with van der Waals surface area (Å²) in [6.07, 6.45) is 4.19. The SMILES string of the molecule is COc1ccc(SCC(=O)NCCc2ncc[nH]2)cc1. The van der Waals surface area contributed by atoms with Gasteiger partial charge in [-0.05, 0) is 24.3 Å². The van der Waals surface area contributed by atoms with Gasteiger partial charge in [0.2, 0.25) is 5.91 Å². The van der Waals surface area contributed by atoms with Gasteiger partial charge < -0.3 is 15.0 Å². The van der Waals surface area contributed by atoms with Crippen LogP contribution in [-0.4, -0.2) is 35.3 Å². The van der Waals surface area contributed by atoms with E-state index in [4.69, 9.17) is 4.74 Å². The summed E-state index contributed by atoms with van der Waals surface area (Å²) in [5.41, 5.74) is 0. The highest BCUT2D eigenvalue weighted by molar-refractivity contribution is 8.00. The Labute approximate surface area is 122 Å². The molecule has 2 N–H and O–H groups in total. The number of benzene rings is 1. The number of nitrogens with zero attached hydrogens (tertiary/aromatic N) is 1. The van der Waals surface area contributed by atoms with Crippen LogP contribution in [0.5, 0.6) is 5.75 Å². The highest BCUT2D eigenvalue weighted by Gasteiger charge is 2.03. The zero-order valence-electron chi connectivity index (χ0n) is 11.3. The quantitative estimate of drug-likeness (QED) is 0.764. The average molecular weight is 291 g/mol. The van der Waals surface area contributed by atoms with Gasteiger partial charge in [0, 0.05) is 30.3 Å². The topological polar surface area (TPSA) is 67.0 Å². The van der Waals surface area contributed by atoms with E-state index in [1.807, 2.05) is 24.3 Å². The van der Waals surface area contributed by atoms with E-state index < -0.39 is 0 Å². The molecule has 0 aliphatic heterocycles. The molecule has 106 valence electrons. The molecule has 1 amide bonds. The summed E-state index contributed by atoms with van der Waals surface area (Å²) < 4.78 is 5.09. The summed E-state index contributed by atoms with van der Waals surface area (Å²) in [6, 6.07) is 7.66. The molecule has 5 nitrogen and oxygen atoms in total. The van der Waals surface area contributed by atoms with Crippen LogP contribution in [0.15, 0.2) is 41.6 Å². The van der Waals surface area contributed by atoms with Crippen LogP contribution in [0.4, 0.5) is 0 Å². The van der Waals surface area contributed by atoms with Crippen LogP contribution in [0.1, 0.15) is 5.82 Å². The Morgan fingerprint density at radius 3 is 2.85 bits per heavy atom. The lowest BCUT2D eigenvalue weighted by atomic mass is 10.3. The second kappa shape index (κ2) is 7.59. The lowest BCUT2D eigenvalue weighted by Crippen LogP contribution is -2.27. The minimum Gasteiger partial charge on any atom is -0.497 e. The average Bonchev–Trinajstić information content (AvgIpc) is 2.99. The first-order valence-corrected chi connectivity index (χ1v) is 7.28. The Morgan fingerprint density at radius 1 is 1.40 bits per heavy atom. The second-order valence-electron chi connectivity index (χ2n) is 4.10. The molecule has 0 saturated heterocycles. The van der Waals surface area contributed by atoms with Gasteiger partial charge in [-0.1, -0.05) is 0 Å². The van der Waals surface area contributed by atoms with Gasteiger partial charge in [-0.15, -0.1) is 11.8 Å². The smallest absolute Gasteiger partial charge is 0.230 e. The number of methoxy groups -OCH3 is 1. The molecule has 1 aromatic carbocycles. The molecular weight excluding hydrogens is 274 g/mol. The minimum absolute atomic E-state index is 0.0253. The molecule has 0 aliphatic rings. The highest BCUT2D eigenvalue weighted by atomic mass is 32.2. The fraction of sp³-hybridized carbons (Fsp3) is 0.286.